The van der Waals surface area contributed by atoms with Crippen LogP contribution < -0.4 is 9.64 Å². The van der Waals surface area contributed by atoms with Gasteiger partial charge in [-0.3, -0.25) is 9.69 Å². The van der Waals surface area contributed by atoms with Crippen LogP contribution in [0.2, 0.25) is 0 Å². The second-order valence-corrected chi connectivity index (χ2v) is 9.11. The molecule has 3 heterocycles. The molecule has 0 atom stereocenters. The minimum absolute atomic E-state index is 0.131. The zero-order valence-corrected chi connectivity index (χ0v) is 18.4. The molecule has 1 aliphatic carbocycles. The maximum atomic E-state index is 13.0. The summed E-state index contributed by atoms with van der Waals surface area (Å²) >= 11 is 0. The van der Waals surface area contributed by atoms with Crippen molar-refractivity contribution in [2.75, 3.05) is 18.0 Å². The van der Waals surface area contributed by atoms with Crippen LogP contribution >= 0.6 is 0 Å². The molecule has 2 fully saturated rings. The van der Waals surface area contributed by atoms with Gasteiger partial charge >= 0.3 is 12.5 Å². The summed E-state index contributed by atoms with van der Waals surface area (Å²) in [6.45, 7) is 2.62. The molecule has 2 aliphatic rings. The molecular weight excluding hydrogens is 455 g/mol. The van der Waals surface area contributed by atoms with Gasteiger partial charge in [-0.05, 0) is 31.4 Å². The molecule has 0 bridgehead atoms. The minimum Gasteiger partial charge on any atom is -0.465 e. The summed E-state index contributed by atoms with van der Waals surface area (Å²) in [4.78, 5) is 27.8. The van der Waals surface area contributed by atoms with E-state index in [-0.39, 0.29) is 17.0 Å². The van der Waals surface area contributed by atoms with Crippen molar-refractivity contribution < 1.29 is 32.6 Å². The number of nitrogens with zero attached hydrogens (tertiary/aromatic N) is 5. The summed E-state index contributed by atoms with van der Waals surface area (Å²) in [5.41, 5.74) is 1.69. The molecule has 0 unspecified atom stereocenters. The van der Waals surface area contributed by atoms with Crippen LogP contribution in [-0.2, 0) is 7.05 Å². The molecule has 9 nitrogen and oxygen atoms in total. The van der Waals surface area contributed by atoms with Gasteiger partial charge in [-0.1, -0.05) is 6.07 Å². The van der Waals surface area contributed by atoms with Gasteiger partial charge in [0.25, 0.3) is 5.91 Å². The fourth-order valence-corrected chi connectivity index (χ4v) is 5.16. The predicted octanol–water partition coefficient (Wildman–Crippen LogP) is 3.67. The van der Waals surface area contributed by atoms with E-state index in [1.165, 1.54) is 12.3 Å². The van der Waals surface area contributed by atoms with E-state index in [4.69, 9.17) is 0 Å². The van der Waals surface area contributed by atoms with E-state index < -0.39 is 24.2 Å². The number of rotatable bonds is 4. The largest absolute Gasteiger partial charge is 0.573 e. The van der Waals surface area contributed by atoms with Crippen molar-refractivity contribution in [2.45, 2.75) is 32.2 Å². The number of anilines is 1. The molecule has 180 valence electrons. The topological polar surface area (TPSA) is 92.3 Å². The Balaban J connectivity index is 1.28. The number of carbonyl (C=O) groups excluding carboxylic acids is 1. The Bertz CT molecular complexity index is 1280. The van der Waals surface area contributed by atoms with Crippen molar-refractivity contribution >= 4 is 23.3 Å². The number of hydrogen-bond donors (Lipinski definition) is 1. The second-order valence-electron chi connectivity index (χ2n) is 9.11. The summed E-state index contributed by atoms with van der Waals surface area (Å²) < 4.78 is 45.3. The number of fused-ring (bicyclic) bond motifs is 1. The van der Waals surface area contributed by atoms with E-state index in [2.05, 4.69) is 9.84 Å². The van der Waals surface area contributed by atoms with Gasteiger partial charge in [-0.25, -0.2) is 9.31 Å². The van der Waals surface area contributed by atoms with E-state index in [9.17, 15) is 27.9 Å². The molecule has 2 amide bonds. The molecule has 1 saturated heterocycles. The lowest BCUT2D eigenvalue weighted by atomic mass is 9.60. The maximum absolute atomic E-state index is 13.0. The number of alkyl halides is 3. The third-order valence-corrected chi connectivity index (χ3v) is 6.69. The molecular formula is C22H22F3N5O4. The van der Waals surface area contributed by atoms with Crippen molar-refractivity contribution in [3.63, 3.8) is 0 Å². The van der Waals surface area contributed by atoms with Gasteiger partial charge in [-0.2, -0.15) is 5.10 Å². The number of carboxylic acid groups (broad SMARTS) is 1. The van der Waals surface area contributed by atoms with E-state index >= 15 is 0 Å². The molecule has 2 aromatic heterocycles. The quantitative estimate of drug-likeness (QED) is 0.619. The Kier molecular flexibility index (Phi) is 4.81. The van der Waals surface area contributed by atoms with Gasteiger partial charge < -0.3 is 19.3 Å². The highest BCUT2D eigenvalue weighted by molar-refractivity contribution is 6.00. The van der Waals surface area contributed by atoms with Crippen LogP contribution in [0.5, 0.6) is 5.75 Å². The summed E-state index contributed by atoms with van der Waals surface area (Å²) in [7, 11) is 1.83. The molecule has 3 aromatic rings. The predicted molar refractivity (Wildman–Crippen MR) is 114 cm³/mol. The van der Waals surface area contributed by atoms with Gasteiger partial charge in [0.15, 0.2) is 0 Å². The van der Waals surface area contributed by atoms with Crippen LogP contribution in [0.3, 0.4) is 0 Å². The maximum Gasteiger partial charge on any atom is 0.573 e. The first-order chi connectivity index (χ1) is 16.0. The summed E-state index contributed by atoms with van der Waals surface area (Å²) in [6, 6.07) is 3.26. The molecule has 1 saturated carbocycles. The molecule has 12 heteroatoms. The van der Waals surface area contributed by atoms with Crippen molar-refractivity contribution in [2.24, 2.45) is 12.5 Å². The molecule has 5 rings (SSSR count). The van der Waals surface area contributed by atoms with Gasteiger partial charge in [-0.15, -0.1) is 13.2 Å². The molecule has 1 aromatic carbocycles. The molecule has 0 radical (unpaired) electrons. The van der Waals surface area contributed by atoms with Crippen molar-refractivity contribution in [3.8, 4) is 5.75 Å². The monoisotopic (exact) mass is 477 g/mol. The Morgan fingerprint density at radius 2 is 1.94 bits per heavy atom. The standard InChI is InChI=1S/C22H22F3N5O4/c1-13-3-4-15(34-22(23,24)25)7-17(13)30(20(32)33)14-8-21(9-14)11-28(12-21)19(31)16-10-26-29-6-5-27(2)18(16)29/h3-7,10,14H,8-9,11-12H2,1-2H3,(H,32,33). The number of halogens is 3. The van der Waals surface area contributed by atoms with Crippen molar-refractivity contribution in [3.05, 3.63) is 47.9 Å². The summed E-state index contributed by atoms with van der Waals surface area (Å²) in [5, 5.41) is 14.0. The summed E-state index contributed by atoms with van der Waals surface area (Å²) in [5.74, 6) is -0.601. The fraction of sp³-hybridized carbons (Fsp3) is 0.409. The first-order valence-corrected chi connectivity index (χ1v) is 10.6. The van der Waals surface area contributed by atoms with Crippen LogP contribution in [-0.4, -0.2) is 61.7 Å². The number of likely N-dealkylation sites (tertiary alicyclic amines) is 1. The number of hydrogen-bond acceptors (Lipinski definition) is 4. The van der Waals surface area contributed by atoms with E-state index in [0.717, 1.165) is 17.0 Å². The Morgan fingerprint density at radius 3 is 2.59 bits per heavy atom. The first kappa shape index (κ1) is 22.1. The first-order valence-electron chi connectivity index (χ1n) is 10.6. The highest BCUT2D eigenvalue weighted by atomic mass is 19.4. The number of carbonyl (C=O) groups is 2. The molecule has 1 N–H and O–H groups in total. The minimum atomic E-state index is -4.87. The Hall–Kier alpha value is -3.70. The van der Waals surface area contributed by atoms with Crippen LogP contribution in [0.25, 0.3) is 5.65 Å². The normalized spacial score (nSPS) is 17.5. The zero-order valence-electron chi connectivity index (χ0n) is 18.4. The number of imidazole rings is 1. The number of aryl methyl sites for hydroxylation is 2. The van der Waals surface area contributed by atoms with E-state index in [0.29, 0.717) is 42.7 Å². The van der Waals surface area contributed by atoms with Gasteiger partial charge in [0.05, 0.1) is 11.9 Å². The highest BCUT2D eigenvalue weighted by Crippen LogP contribution is 2.52. The number of ether oxygens (including phenoxy) is 1. The average molecular weight is 477 g/mol. The van der Waals surface area contributed by atoms with E-state index in [1.807, 2.05) is 17.8 Å². The number of amides is 2. The Morgan fingerprint density at radius 1 is 1.24 bits per heavy atom. The Labute approximate surface area is 191 Å². The molecule has 1 spiro atoms. The second kappa shape index (κ2) is 7.40. The lowest BCUT2D eigenvalue weighted by Gasteiger charge is -2.60. The van der Waals surface area contributed by atoms with Gasteiger partial charge in [0, 0.05) is 50.1 Å². The van der Waals surface area contributed by atoms with Crippen LogP contribution in [0.4, 0.5) is 23.7 Å². The van der Waals surface area contributed by atoms with Crippen molar-refractivity contribution in [1.29, 1.82) is 0 Å². The number of aromatic nitrogens is 3. The third-order valence-electron chi connectivity index (χ3n) is 6.69. The fourth-order valence-electron chi connectivity index (χ4n) is 5.16. The van der Waals surface area contributed by atoms with Crippen molar-refractivity contribution in [1.82, 2.24) is 19.1 Å². The number of benzene rings is 1. The zero-order chi connectivity index (χ0) is 24.4. The summed E-state index contributed by atoms with van der Waals surface area (Å²) in [6.07, 6.45) is 0.0226. The average Bonchev–Trinajstić information content (AvgIpc) is 3.26. The SMILES string of the molecule is Cc1ccc(OC(F)(F)F)cc1N(C(=O)O)C1CC2(C1)CN(C(=O)c1cnn3ccn(C)c13)C2. The van der Waals surface area contributed by atoms with Crippen LogP contribution in [0, 0.1) is 12.3 Å². The third kappa shape index (κ3) is 3.62. The van der Waals surface area contributed by atoms with E-state index in [1.54, 1.807) is 22.5 Å². The lowest BCUT2D eigenvalue weighted by Crippen LogP contribution is -2.68. The van der Waals surface area contributed by atoms with Crippen LogP contribution in [0.1, 0.15) is 28.8 Å². The van der Waals surface area contributed by atoms with Crippen LogP contribution in [0.15, 0.2) is 36.8 Å². The smallest absolute Gasteiger partial charge is 0.465 e. The highest BCUT2D eigenvalue weighted by Gasteiger charge is 2.56. The van der Waals surface area contributed by atoms with Gasteiger partial charge in [0.1, 0.15) is 17.0 Å². The lowest BCUT2D eigenvalue weighted by molar-refractivity contribution is -0.274. The van der Waals surface area contributed by atoms with Gasteiger partial charge in [0.2, 0.25) is 0 Å². The molecule has 1 aliphatic heterocycles. The molecule has 34 heavy (non-hydrogen) atoms.